The number of benzene rings is 1. The van der Waals surface area contributed by atoms with Crippen LogP contribution in [0.25, 0.3) is 10.4 Å². The van der Waals surface area contributed by atoms with Crippen molar-refractivity contribution < 1.29 is 19.8 Å². The molecule has 210 valence electrons. The topological polar surface area (TPSA) is 121 Å². The Bertz CT molecular complexity index is 1290. The predicted octanol–water partition coefficient (Wildman–Crippen LogP) is 3.83. The Morgan fingerprint density at radius 1 is 1.18 bits per heavy atom. The lowest BCUT2D eigenvalue weighted by Gasteiger charge is -2.30. The van der Waals surface area contributed by atoms with Crippen molar-refractivity contribution in [3.63, 3.8) is 0 Å². The summed E-state index contributed by atoms with van der Waals surface area (Å²) in [5.74, 6) is -0.569. The summed E-state index contributed by atoms with van der Waals surface area (Å²) < 4.78 is 1.70. The van der Waals surface area contributed by atoms with Gasteiger partial charge in [-0.2, -0.15) is 5.10 Å². The molecule has 0 aliphatic carbocycles. The van der Waals surface area contributed by atoms with Crippen LogP contribution in [0, 0.1) is 5.92 Å². The third-order valence-electron chi connectivity index (χ3n) is 7.32. The predicted molar refractivity (Wildman–Crippen MR) is 151 cm³/mol. The van der Waals surface area contributed by atoms with E-state index in [1.165, 1.54) is 16.2 Å². The van der Waals surface area contributed by atoms with E-state index in [1.54, 1.807) is 16.4 Å². The zero-order valence-corrected chi connectivity index (χ0v) is 24.3. The standard InChI is InChI=1S/C29H39N5O4S/c1-17(2)25(34-13-21(12-31-34)29(4,5)6)28(38)33-14-22(36)11-24(33)27(37)32-18(3)19-7-9-20(10-8-19)26-23(15-35)30-16-39-26/h7-10,12-13,16-18,22,24-25,35-36H,11,14-15H2,1-6H3,(H,32,37)/t18-,22+,24-,25-/m0/s1. The summed E-state index contributed by atoms with van der Waals surface area (Å²) in [4.78, 5) is 33.9. The number of thiazole rings is 1. The van der Waals surface area contributed by atoms with Crippen LogP contribution in [0.15, 0.2) is 42.2 Å². The van der Waals surface area contributed by atoms with Crippen LogP contribution >= 0.6 is 11.3 Å². The maximum atomic E-state index is 13.8. The highest BCUT2D eigenvalue weighted by Gasteiger charge is 2.43. The van der Waals surface area contributed by atoms with Gasteiger partial charge in [0.15, 0.2) is 0 Å². The summed E-state index contributed by atoms with van der Waals surface area (Å²) in [6.07, 6.45) is 3.12. The maximum Gasteiger partial charge on any atom is 0.248 e. The SMILES string of the molecule is CC(C)[C@@H](C(=O)N1C[C@H](O)C[C@H]1C(=O)N[C@@H](C)c1ccc(-c2scnc2CO)cc1)n1cc(C(C)(C)C)cn1. The lowest BCUT2D eigenvalue weighted by atomic mass is 9.90. The van der Waals surface area contributed by atoms with Crippen molar-refractivity contribution in [3.8, 4) is 10.4 Å². The van der Waals surface area contributed by atoms with E-state index in [0.29, 0.717) is 5.69 Å². The van der Waals surface area contributed by atoms with Crippen molar-refractivity contribution in [2.45, 2.75) is 84.2 Å². The number of aliphatic hydroxyl groups is 2. The number of amides is 2. The Morgan fingerprint density at radius 2 is 1.87 bits per heavy atom. The summed E-state index contributed by atoms with van der Waals surface area (Å²) in [6.45, 7) is 12.1. The van der Waals surface area contributed by atoms with Crippen molar-refractivity contribution in [3.05, 3.63) is 59.0 Å². The highest BCUT2D eigenvalue weighted by molar-refractivity contribution is 7.13. The molecule has 1 fully saturated rings. The van der Waals surface area contributed by atoms with Crippen LogP contribution in [0.1, 0.15) is 76.9 Å². The number of hydrogen-bond acceptors (Lipinski definition) is 7. The van der Waals surface area contributed by atoms with E-state index in [-0.39, 0.29) is 48.8 Å². The number of aromatic nitrogens is 3. The van der Waals surface area contributed by atoms with Gasteiger partial charge in [0.05, 0.1) is 41.0 Å². The molecule has 0 radical (unpaired) electrons. The smallest absolute Gasteiger partial charge is 0.248 e. The van der Waals surface area contributed by atoms with Crippen LogP contribution in [-0.4, -0.2) is 60.4 Å². The van der Waals surface area contributed by atoms with Crippen LogP contribution in [0.2, 0.25) is 0 Å². The van der Waals surface area contributed by atoms with Gasteiger partial charge < -0.3 is 20.4 Å². The van der Waals surface area contributed by atoms with Gasteiger partial charge in [0.25, 0.3) is 0 Å². The molecule has 3 heterocycles. The van der Waals surface area contributed by atoms with Gasteiger partial charge in [-0.1, -0.05) is 58.9 Å². The molecule has 1 aliphatic rings. The summed E-state index contributed by atoms with van der Waals surface area (Å²) in [7, 11) is 0. The fourth-order valence-electron chi connectivity index (χ4n) is 4.99. The monoisotopic (exact) mass is 553 g/mol. The lowest BCUT2D eigenvalue weighted by Crippen LogP contribution is -2.49. The molecular weight excluding hydrogens is 514 g/mol. The summed E-state index contributed by atoms with van der Waals surface area (Å²) in [5, 5.41) is 27.5. The number of likely N-dealkylation sites (tertiary alicyclic amines) is 1. The third-order valence-corrected chi connectivity index (χ3v) is 8.24. The minimum absolute atomic E-state index is 0.0611. The molecule has 1 aliphatic heterocycles. The highest BCUT2D eigenvalue weighted by Crippen LogP contribution is 2.31. The van der Waals surface area contributed by atoms with Crippen molar-refractivity contribution in [1.29, 1.82) is 0 Å². The van der Waals surface area contributed by atoms with Gasteiger partial charge in [-0.05, 0) is 34.9 Å². The Hall–Kier alpha value is -3.08. The van der Waals surface area contributed by atoms with Gasteiger partial charge in [-0.25, -0.2) is 4.98 Å². The van der Waals surface area contributed by atoms with Gasteiger partial charge in [-0.3, -0.25) is 14.3 Å². The quantitative estimate of drug-likeness (QED) is 0.390. The molecule has 3 N–H and O–H groups in total. The number of hydrogen-bond donors (Lipinski definition) is 3. The number of carbonyl (C=O) groups is 2. The molecular formula is C29H39N5O4S. The van der Waals surface area contributed by atoms with Crippen molar-refractivity contribution in [2.24, 2.45) is 5.92 Å². The van der Waals surface area contributed by atoms with Crippen molar-refractivity contribution >= 4 is 23.2 Å². The van der Waals surface area contributed by atoms with E-state index in [9.17, 15) is 19.8 Å². The lowest BCUT2D eigenvalue weighted by molar-refractivity contribution is -0.142. The van der Waals surface area contributed by atoms with Gasteiger partial charge in [-0.15, -0.1) is 11.3 Å². The van der Waals surface area contributed by atoms with Crippen LogP contribution in [0.5, 0.6) is 0 Å². The zero-order valence-electron chi connectivity index (χ0n) is 23.5. The molecule has 4 atom stereocenters. The number of β-amino-alcohol motifs (C(OH)–C–C–N with tert-alkyl or cyclic N) is 1. The molecule has 4 rings (SSSR count). The largest absolute Gasteiger partial charge is 0.391 e. The second-order valence-corrected chi connectivity index (χ2v) is 12.5. The fourth-order valence-corrected chi connectivity index (χ4v) is 5.80. The fraction of sp³-hybridized carbons (Fsp3) is 0.517. The van der Waals surface area contributed by atoms with Gasteiger partial charge in [0.1, 0.15) is 12.1 Å². The third kappa shape index (κ3) is 6.23. The van der Waals surface area contributed by atoms with Gasteiger partial charge in [0, 0.05) is 19.2 Å². The first-order valence-corrected chi connectivity index (χ1v) is 14.3. The molecule has 9 nitrogen and oxygen atoms in total. The molecule has 0 unspecified atom stereocenters. The Morgan fingerprint density at radius 3 is 2.46 bits per heavy atom. The average molecular weight is 554 g/mol. The Labute approximate surface area is 233 Å². The van der Waals surface area contributed by atoms with Crippen molar-refractivity contribution in [1.82, 2.24) is 25.0 Å². The van der Waals surface area contributed by atoms with E-state index in [1.807, 2.05) is 51.2 Å². The molecule has 0 spiro atoms. The normalized spacial score (nSPS) is 19.4. The number of nitrogens with zero attached hydrogens (tertiary/aromatic N) is 4. The first-order chi connectivity index (χ1) is 18.4. The van der Waals surface area contributed by atoms with Crippen molar-refractivity contribution in [2.75, 3.05) is 6.54 Å². The molecule has 39 heavy (non-hydrogen) atoms. The highest BCUT2D eigenvalue weighted by atomic mass is 32.1. The van der Waals surface area contributed by atoms with E-state index in [4.69, 9.17) is 0 Å². The van der Waals surface area contributed by atoms with E-state index in [2.05, 4.69) is 36.2 Å². The minimum Gasteiger partial charge on any atom is -0.391 e. The van der Waals surface area contributed by atoms with E-state index < -0.39 is 18.2 Å². The molecule has 2 amide bonds. The number of rotatable bonds is 8. The summed E-state index contributed by atoms with van der Waals surface area (Å²) >= 11 is 1.47. The van der Waals surface area contributed by atoms with E-state index in [0.717, 1.165) is 21.6 Å². The number of carbonyl (C=O) groups excluding carboxylic acids is 2. The molecule has 0 saturated carbocycles. The molecule has 1 aromatic carbocycles. The van der Waals surface area contributed by atoms with Gasteiger partial charge in [0.2, 0.25) is 11.8 Å². The van der Waals surface area contributed by atoms with E-state index >= 15 is 0 Å². The Balaban J connectivity index is 1.48. The first kappa shape index (κ1) is 28.9. The molecule has 1 saturated heterocycles. The zero-order chi connectivity index (χ0) is 28.5. The molecule has 2 aromatic heterocycles. The average Bonchev–Trinajstić information content (AvgIpc) is 3.63. The second-order valence-electron chi connectivity index (χ2n) is 11.7. The molecule has 10 heteroatoms. The minimum atomic E-state index is -0.769. The van der Waals surface area contributed by atoms with Gasteiger partial charge >= 0.3 is 0 Å². The summed E-state index contributed by atoms with van der Waals surface area (Å²) in [5.41, 5.74) is 5.13. The second kappa shape index (κ2) is 11.6. The van der Waals surface area contributed by atoms with Crippen LogP contribution < -0.4 is 5.32 Å². The Kier molecular flexibility index (Phi) is 8.58. The first-order valence-electron chi connectivity index (χ1n) is 13.4. The number of nitrogens with one attached hydrogen (secondary N) is 1. The molecule has 3 aromatic rings. The summed E-state index contributed by atoms with van der Waals surface area (Å²) in [6, 6.07) is 6.12. The number of aliphatic hydroxyl groups excluding tert-OH is 2. The van der Waals surface area contributed by atoms with Crippen LogP contribution in [-0.2, 0) is 21.6 Å². The van der Waals surface area contributed by atoms with Crippen LogP contribution in [0.4, 0.5) is 0 Å². The maximum absolute atomic E-state index is 13.8. The molecule has 0 bridgehead atoms. The van der Waals surface area contributed by atoms with Crippen LogP contribution in [0.3, 0.4) is 0 Å².